The van der Waals surface area contributed by atoms with Gasteiger partial charge in [0.05, 0.1) is 27.3 Å². The van der Waals surface area contributed by atoms with Gasteiger partial charge in [0.1, 0.15) is 12.4 Å². The first-order valence-electron chi connectivity index (χ1n) is 9.71. The van der Waals surface area contributed by atoms with Gasteiger partial charge in [0.15, 0.2) is 0 Å². The number of carbonyl (C=O) groups excluding carboxylic acids is 1. The van der Waals surface area contributed by atoms with Crippen molar-refractivity contribution in [1.29, 1.82) is 0 Å². The maximum atomic E-state index is 12.8. The number of benzene rings is 3. The number of amides is 1. The summed E-state index contributed by atoms with van der Waals surface area (Å²) in [7, 11) is 0. The van der Waals surface area contributed by atoms with Crippen LogP contribution in [0.15, 0.2) is 79.2 Å². The van der Waals surface area contributed by atoms with Crippen LogP contribution in [0.4, 0.5) is 18.9 Å². The number of ether oxygens (including phenoxy) is 1. The van der Waals surface area contributed by atoms with Crippen molar-refractivity contribution in [2.45, 2.75) is 12.8 Å². The standard InChI is InChI=1S/C23H17Br3F3N3O2/c24-17-6-4-14(5-7-17)13-34-22-19(25)8-15(9-20(22)26)11-31-32-21(33)12-30-18-3-1-2-16(10-18)23(27,28)29/h1-11,30H,12-13H2,(H,32,33)/b31-11-. The molecule has 5 nitrogen and oxygen atoms in total. The molecule has 0 unspecified atom stereocenters. The summed E-state index contributed by atoms with van der Waals surface area (Å²) in [4.78, 5) is 12.0. The molecule has 0 heterocycles. The van der Waals surface area contributed by atoms with Gasteiger partial charge in [-0.25, -0.2) is 5.43 Å². The van der Waals surface area contributed by atoms with Gasteiger partial charge in [0.2, 0.25) is 0 Å². The Hall–Kier alpha value is -2.37. The Kier molecular flexibility index (Phi) is 9.15. The zero-order valence-corrected chi connectivity index (χ0v) is 22.1. The van der Waals surface area contributed by atoms with Gasteiger partial charge in [-0.15, -0.1) is 0 Å². The lowest BCUT2D eigenvalue weighted by Gasteiger charge is -2.11. The summed E-state index contributed by atoms with van der Waals surface area (Å²) in [5, 5.41) is 6.53. The van der Waals surface area contributed by atoms with Gasteiger partial charge in [-0.3, -0.25) is 4.79 Å². The van der Waals surface area contributed by atoms with Crippen molar-refractivity contribution in [3.05, 3.63) is 90.8 Å². The topological polar surface area (TPSA) is 62.7 Å². The Labute approximate surface area is 219 Å². The molecule has 178 valence electrons. The first-order valence-corrected chi connectivity index (χ1v) is 12.1. The number of nitrogens with zero attached hydrogens (tertiary/aromatic N) is 1. The fraction of sp³-hybridized carbons (Fsp3) is 0.130. The monoisotopic (exact) mass is 661 g/mol. The van der Waals surface area contributed by atoms with E-state index >= 15 is 0 Å². The predicted molar refractivity (Wildman–Crippen MR) is 136 cm³/mol. The highest BCUT2D eigenvalue weighted by Crippen LogP contribution is 2.35. The largest absolute Gasteiger partial charge is 0.487 e. The molecule has 0 aliphatic carbocycles. The molecule has 3 aromatic rings. The normalized spacial score (nSPS) is 11.5. The van der Waals surface area contributed by atoms with E-state index in [2.05, 4.69) is 63.6 Å². The van der Waals surface area contributed by atoms with Crippen LogP contribution in [-0.2, 0) is 17.6 Å². The zero-order chi connectivity index (χ0) is 24.7. The Morgan fingerprint density at radius 3 is 2.32 bits per heavy atom. The quantitative estimate of drug-likeness (QED) is 0.199. The van der Waals surface area contributed by atoms with Crippen molar-refractivity contribution in [2.24, 2.45) is 5.10 Å². The summed E-state index contributed by atoms with van der Waals surface area (Å²) in [6, 6.07) is 15.9. The average Bonchev–Trinajstić information content (AvgIpc) is 2.78. The van der Waals surface area contributed by atoms with Crippen molar-refractivity contribution < 1.29 is 22.7 Å². The number of halogens is 6. The highest BCUT2D eigenvalue weighted by atomic mass is 79.9. The van der Waals surface area contributed by atoms with Crippen LogP contribution in [0.2, 0.25) is 0 Å². The molecular weight excluding hydrogens is 647 g/mol. The Bertz CT molecular complexity index is 1160. The van der Waals surface area contributed by atoms with Crippen LogP contribution in [0.25, 0.3) is 0 Å². The molecule has 0 saturated heterocycles. The summed E-state index contributed by atoms with van der Waals surface area (Å²) in [5.41, 5.74) is 3.41. The third kappa shape index (κ3) is 7.85. The summed E-state index contributed by atoms with van der Waals surface area (Å²) in [6.45, 7) is 0.141. The number of alkyl halides is 3. The van der Waals surface area contributed by atoms with E-state index in [4.69, 9.17) is 4.74 Å². The number of hydrazone groups is 1. The van der Waals surface area contributed by atoms with E-state index in [0.717, 1.165) is 22.2 Å². The third-order valence-electron chi connectivity index (χ3n) is 4.36. The van der Waals surface area contributed by atoms with Gasteiger partial charge in [0.25, 0.3) is 5.91 Å². The minimum atomic E-state index is -4.45. The average molecular weight is 664 g/mol. The second kappa shape index (κ2) is 11.9. The second-order valence-corrected chi connectivity index (χ2v) is 9.58. The number of hydrogen-bond donors (Lipinski definition) is 2. The maximum Gasteiger partial charge on any atom is 0.416 e. The van der Waals surface area contributed by atoms with E-state index < -0.39 is 17.6 Å². The molecular formula is C23H17Br3F3N3O2. The molecule has 0 aliphatic rings. The molecule has 0 spiro atoms. The van der Waals surface area contributed by atoms with E-state index in [-0.39, 0.29) is 12.2 Å². The fourth-order valence-electron chi connectivity index (χ4n) is 2.73. The van der Waals surface area contributed by atoms with E-state index in [0.29, 0.717) is 26.9 Å². The van der Waals surface area contributed by atoms with E-state index in [9.17, 15) is 18.0 Å². The smallest absolute Gasteiger partial charge is 0.416 e. The van der Waals surface area contributed by atoms with Crippen molar-refractivity contribution in [1.82, 2.24) is 5.43 Å². The van der Waals surface area contributed by atoms with Crippen LogP contribution >= 0.6 is 47.8 Å². The van der Waals surface area contributed by atoms with Gasteiger partial charge in [0, 0.05) is 10.2 Å². The third-order valence-corrected chi connectivity index (χ3v) is 6.07. The zero-order valence-electron chi connectivity index (χ0n) is 17.3. The molecule has 0 atom stereocenters. The molecule has 0 aliphatic heterocycles. The van der Waals surface area contributed by atoms with Crippen molar-refractivity contribution in [3.63, 3.8) is 0 Å². The molecule has 1 amide bonds. The van der Waals surface area contributed by atoms with E-state index in [1.165, 1.54) is 18.3 Å². The van der Waals surface area contributed by atoms with Gasteiger partial charge in [-0.2, -0.15) is 18.3 Å². The van der Waals surface area contributed by atoms with E-state index in [1.54, 1.807) is 12.1 Å². The minimum Gasteiger partial charge on any atom is -0.487 e. The lowest BCUT2D eigenvalue weighted by Crippen LogP contribution is -2.26. The van der Waals surface area contributed by atoms with Crippen LogP contribution in [0.1, 0.15) is 16.7 Å². The summed E-state index contributed by atoms with van der Waals surface area (Å²) >= 11 is 10.3. The summed E-state index contributed by atoms with van der Waals surface area (Å²) in [5.74, 6) is 0.107. The van der Waals surface area contributed by atoms with Crippen molar-refractivity contribution >= 4 is 65.6 Å². The molecule has 0 saturated carbocycles. The molecule has 2 N–H and O–H groups in total. The number of anilines is 1. The SMILES string of the molecule is O=C(CNc1cccc(C(F)(F)F)c1)N/N=C\c1cc(Br)c(OCc2ccc(Br)cc2)c(Br)c1. The highest BCUT2D eigenvalue weighted by Gasteiger charge is 2.30. The van der Waals surface area contributed by atoms with Crippen LogP contribution in [0.3, 0.4) is 0 Å². The molecule has 3 aromatic carbocycles. The van der Waals surface area contributed by atoms with Crippen LogP contribution < -0.4 is 15.5 Å². The summed E-state index contributed by atoms with van der Waals surface area (Å²) in [6.07, 6.45) is -3.01. The lowest BCUT2D eigenvalue weighted by atomic mass is 10.2. The van der Waals surface area contributed by atoms with Gasteiger partial charge in [-0.05, 0) is 85.5 Å². The molecule has 34 heavy (non-hydrogen) atoms. The second-order valence-electron chi connectivity index (χ2n) is 6.95. The Morgan fingerprint density at radius 2 is 1.68 bits per heavy atom. The Balaban J connectivity index is 1.53. The van der Waals surface area contributed by atoms with Gasteiger partial charge >= 0.3 is 6.18 Å². The predicted octanol–water partition coefficient (Wildman–Crippen LogP) is 7.13. The van der Waals surface area contributed by atoms with Crippen LogP contribution in [0.5, 0.6) is 5.75 Å². The first-order chi connectivity index (χ1) is 16.1. The molecule has 0 bridgehead atoms. The highest BCUT2D eigenvalue weighted by molar-refractivity contribution is 9.11. The molecule has 0 fully saturated rings. The maximum absolute atomic E-state index is 12.8. The number of carbonyl (C=O) groups is 1. The lowest BCUT2D eigenvalue weighted by molar-refractivity contribution is -0.137. The van der Waals surface area contributed by atoms with Crippen molar-refractivity contribution in [2.75, 3.05) is 11.9 Å². The minimum absolute atomic E-state index is 0.181. The van der Waals surface area contributed by atoms with Crippen LogP contribution in [0, 0.1) is 0 Å². The molecule has 11 heteroatoms. The van der Waals surface area contributed by atoms with E-state index in [1.807, 2.05) is 24.3 Å². The van der Waals surface area contributed by atoms with Crippen LogP contribution in [-0.4, -0.2) is 18.7 Å². The number of hydrogen-bond acceptors (Lipinski definition) is 4. The summed E-state index contributed by atoms with van der Waals surface area (Å²) < 4.78 is 46.6. The first kappa shape index (κ1) is 26.2. The molecule has 3 rings (SSSR count). The number of nitrogens with one attached hydrogen (secondary N) is 2. The molecule has 0 aromatic heterocycles. The number of rotatable bonds is 8. The Morgan fingerprint density at radius 1 is 1.00 bits per heavy atom. The van der Waals surface area contributed by atoms with Crippen molar-refractivity contribution in [3.8, 4) is 5.75 Å². The van der Waals surface area contributed by atoms with Gasteiger partial charge in [-0.1, -0.05) is 34.1 Å². The van der Waals surface area contributed by atoms with Gasteiger partial charge < -0.3 is 10.1 Å². The molecule has 0 radical (unpaired) electrons. The fourth-order valence-corrected chi connectivity index (χ4v) is 4.45.